The first-order valence-corrected chi connectivity index (χ1v) is 9.84. The molecule has 5 atom stereocenters. The van der Waals surface area contributed by atoms with Gasteiger partial charge >= 0.3 is 11.9 Å². The van der Waals surface area contributed by atoms with Crippen LogP contribution in [0.2, 0.25) is 0 Å². The number of amides is 4. The van der Waals surface area contributed by atoms with E-state index in [0.717, 1.165) is 0 Å². The van der Waals surface area contributed by atoms with Crippen molar-refractivity contribution in [2.24, 2.45) is 17.4 Å². The molecule has 10 N–H and O–H groups in total. The lowest BCUT2D eigenvalue weighted by Gasteiger charge is -2.25. The average Bonchev–Trinajstić information content (AvgIpc) is 2.71. The van der Waals surface area contributed by atoms with Gasteiger partial charge in [-0.15, -0.1) is 0 Å². The maximum atomic E-state index is 12.7. The normalized spacial score (nSPS) is 15.4. The molecule has 0 spiro atoms. The third-order valence-electron chi connectivity index (χ3n) is 4.68. The Labute approximate surface area is 184 Å². The van der Waals surface area contributed by atoms with Gasteiger partial charge in [0.2, 0.25) is 23.6 Å². The minimum atomic E-state index is -1.73. The Morgan fingerprint density at radius 2 is 1.38 bits per heavy atom. The van der Waals surface area contributed by atoms with Crippen LogP contribution in [0.15, 0.2) is 0 Å². The number of hydrogen-bond acceptors (Lipinski definition) is 8. The van der Waals surface area contributed by atoms with Crippen molar-refractivity contribution in [1.82, 2.24) is 16.0 Å². The Kier molecular flexibility index (Phi) is 12.5. The molecule has 0 aromatic heterocycles. The summed E-state index contributed by atoms with van der Waals surface area (Å²) in [5.74, 6) is -6.95. The molecule has 0 radical (unpaired) electrons. The molecular weight excluding hydrogens is 430 g/mol. The molecule has 14 heteroatoms. The van der Waals surface area contributed by atoms with E-state index in [0.29, 0.717) is 6.42 Å². The first kappa shape index (κ1) is 28.7. The van der Waals surface area contributed by atoms with Crippen molar-refractivity contribution in [1.29, 1.82) is 0 Å². The highest BCUT2D eigenvalue weighted by Gasteiger charge is 2.32. The fourth-order valence-corrected chi connectivity index (χ4v) is 2.45. The molecule has 0 aliphatic heterocycles. The number of carboxylic acid groups (broad SMARTS) is 2. The standard InChI is InChI=1S/C18H31N5O9/c1-3-8(2)14(20)17(30)21-9(4-5-12(19)25)15(28)22-10(6-13(26)27)16(29)23-11(7-24)18(31)32/h8-11,14,24H,3-7,20H2,1-2H3,(H2,19,25)(H,21,30)(H,22,28)(H,23,29)(H,26,27)(H,31,32). The summed E-state index contributed by atoms with van der Waals surface area (Å²) in [6.45, 7) is 2.55. The van der Waals surface area contributed by atoms with E-state index < -0.39 is 72.8 Å². The van der Waals surface area contributed by atoms with E-state index in [1.807, 2.05) is 5.32 Å². The summed E-state index contributed by atoms with van der Waals surface area (Å²) in [6.07, 6.45) is -0.907. The Morgan fingerprint density at radius 1 is 0.875 bits per heavy atom. The zero-order valence-corrected chi connectivity index (χ0v) is 17.9. The molecule has 0 aromatic rings. The van der Waals surface area contributed by atoms with E-state index in [-0.39, 0.29) is 18.8 Å². The second-order valence-electron chi connectivity index (χ2n) is 7.22. The van der Waals surface area contributed by atoms with Crippen LogP contribution < -0.4 is 27.4 Å². The molecule has 32 heavy (non-hydrogen) atoms. The number of rotatable bonds is 15. The van der Waals surface area contributed by atoms with Crippen LogP contribution in [0.4, 0.5) is 0 Å². The summed E-state index contributed by atoms with van der Waals surface area (Å²) < 4.78 is 0. The highest BCUT2D eigenvalue weighted by molar-refractivity contribution is 5.95. The zero-order chi connectivity index (χ0) is 25.0. The lowest BCUT2D eigenvalue weighted by atomic mass is 9.98. The summed E-state index contributed by atoms with van der Waals surface area (Å²) in [4.78, 5) is 70.5. The van der Waals surface area contributed by atoms with Gasteiger partial charge in [0.1, 0.15) is 18.1 Å². The molecule has 182 valence electrons. The lowest BCUT2D eigenvalue weighted by Crippen LogP contribution is -2.58. The van der Waals surface area contributed by atoms with E-state index in [1.165, 1.54) is 0 Å². The van der Waals surface area contributed by atoms with Gasteiger partial charge in [0, 0.05) is 6.42 Å². The van der Waals surface area contributed by atoms with Gasteiger partial charge in [0.15, 0.2) is 0 Å². The molecule has 0 saturated carbocycles. The van der Waals surface area contributed by atoms with Crippen LogP contribution in [0.1, 0.15) is 39.5 Å². The van der Waals surface area contributed by atoms with Crippen LogP contribution in [0, 0.1) is 5.92 Å². The average molecular weight is 461 g/mol. The SMILES string of the molecule is CCC(C)C(N)C(=O)NC(CCC(N)=O)C(=O)NC(CC(=O)O)C(=O)NC(CO)C(=O)O. The van der Waals surface area contributed by atoms with Crippen LogP contribution in [0.3, 0.4) is 0 Å². The second-order valence-corrected chi connectivity index (χ2v) is 7.22. The number of aliphatic carboxylic acids is 2. The van der Waals surface area contributed by atoms with Gasteiger partial charge in [-0.05, 0) is 12.3 Å². The predicted molar refractivity (Wildman–Crippen MR) is 109 cm³/mol. The van der Waals surface area contributed by atoms with Crippen molar-refractivity contribution in [3.63, 3.8) is 0 Å². The summed E-state index contributed by atoms with van der Waals surface area (Å²) in [5, 5.41) is 33.3. The summed E-state index contributed by atoms with van der Waals surface area (Å²) in [6, 6.07) is -5.80. The smallest absolute Gasteiger partial charge is 0.328 e. The van der Waals surface area contributed by atoms with Crippen molar-refractivity contribution in [2.75, 3.05) is 6.61 Å². The second kappa shape index (κ2) is 13.9. The van der Waals surface area contributed by atoms with Crippen molar-refractivity contribution < 1.29 is 44.1 Å². The molecule has 0 aliphatic rings. The van der Waals surface area contributed by atoms with Gasteiger partial charge in [-0.1, -0.05) is 20.3 Å². The highest BCUT2D eigenvalue weighted by Crippen LogP contribution is 2.07. The van der Waals surface area contributed by atoms with Crippen LogP contribution in [0.25, 0.3) is 0 Å². The fraction of sp³-hybridized carbons (Fsp3) is 0.667. The van der Waals surface area contributed by atoms with Crippen molar-refractivity contribution in [2.45, 2.75) is 63.7 Å². The van der Waals surface area contributed by atoms with Crippen molar-refractivity contribution in [3.8, 4) is 0 Å². The molecule has 0 aliphatic carbocycles. The van der Waals surface area contributed by atoms with Gasteiger partial charge in [-0.3, -0.25) is 24.0 Å². The predicted octanol–water partition coefficient (Wildman–Crippen LogP) is -3.37. The van der Waals surface area contributed by atoms with E-state index in [9.17, 15) is 28.8 Å². The highest BCUT2D eigenvalue weighted by atomic mass is 16.4. The van der Waals surface area contributed by atoms with E-state index in [1.54, 1.807) is 13.8 Å². The lowest BCUT2D eigenvalue weighted by molar-refractivity contribution is -0.144. The number of nitrogens with one attached hydrogen (secondary N) is 3. The molecule has 4 amide bonds. The quantitative estimate of drug-likeness (QED) is 0.120. The molecule has 0 rings (SSSR count). The topological polar surface area (TPSA) is 251 Å². The minimum Gasteiger partial charge on any atom is -0.481 e. The van der Waals surface area contributed by atoms with Gasteiger partial charge in [-0.25, -0.2) is 4.79 Å². The van der Waals surface area contributed by atoms with Gasteiger partial charge in [0.25, 0.3) is 0 Å². The minimum absolute atomic E-state index is 0.230. The number of primary amides is 1. The molecular formula is C18H31N5O9. The van der Waals surface area contributed by atoms with Crippen LogP contribution >= 0.6 is 0 Å². The number of aliphatic hydroxyl groups is 1. The number of hydrogen-bond donors (Lipinski definition) is 8. The summed E-state index contributed by atoms with van der Waals surface area (Å²) in [5.41, 5.74) is 10.9. The summed E-state index contributed by atoms with van der Waals surface area (Å²) in [7, 11) is 0. The number of aliphatic hydroxyl groups excluding tert-OH is 1. The summed E-state index contributed by atoms with van der Waals surface area (Å²) >= 11 is 0. The Balaban J connectivity index is 5.54. The van der Waals surface area contributed by atoms with Crippen LogP contribution in [0.5, 0.6) is 0 Å². The molecule has 14 nitrogen and oxygen atoms in total. The molecule has 0 aromatic carbocycles. The maximum absolute atomic E-state index is 12.7. The van der Waals surface area contributed by atoms with Crippen molar-refractivity contribution >= 4 is 35.6 Å². The Hall–Kier alpha value is -3.26. The third kappa shape index (κ3) is 10.2. The first-order chi connectivity index (χ1) is 14.8. The largest absolute Gasteiger partial charge is 0.481 e. The van der Waals surface area contributed by atoms with E-state index >= 15 is 0 Å². The number of carbonyl (C=O) groups is 6. The zero-order valence-electron chi connectivity index (χ0n) is 17.9. The fourth-order valence-electron chi connectivity index (χ4n) is 2.45. The monoisotopic (exact) mass is 461 g/mol. The maximum Gasteiger partial charge on any atom is 0.328 e. The van der Waals surface area contributed by atoms with Gasteiger partial charge in [-0.2, -0.15) is 0 Å². The van der Waals surface area contributed by atoms with Crippen LogP contribution in [-0.2, 0) is 28.8 Å². The number of carboxylic acids is 2. The third-order valence-corrected chi connectivity index (χ3v) is 4.68. The van der Waals surface area contributed by atoms with Crippen molar-refractivity contribution in [3.05, 3.63) is 0 Å². The number of carbonyl (C=O) groups excluding carboxylic acids is 4. The molecule has 0 fully saturated rings. The van der Waals surface area contributed by atoms with Gasteiger partial charge < -0.3 is 42.7 Å². The van der Waals surface area contributed by atoms with E-state index in [4.69, 9.17) is 26.8 Å². The van der Waals surface area contributed by atoms with E-state index in [2.05, 4.69) is 10.6 Å². The Bertz CT molecular complexity index is 715. The Morgan fingerprint density at radius 3 is 1.81 bits per heavy atom. The number of nitrogens with two attached hydrogens (primary N) is 2. The molecule has 0 bridgehead atoms. The van der Waals surface area contributed by atoms with Crippen LogP contribution in [-0.4, -0.2) is 81.7 Å². The molecule has 5 unspecified atom stereocenters. The van der Waals surface area contributed by atoms with Gasteiger partial charge in [0.05, 0.1) is 19.1 Å². The first-order valence-electron chi connectivity index (χ1n) is 9.84. The molecule has 0 heterocycles. The molecule has 0 saturated heterocycles.